The molecule has 0 saturated heterocycles. The Morgan fingerprint density at radius 1 is 1.17 bits per heavy atom. The molecule has 0 aliphatic rings. The zero-order valence-electron chi connectivity index (χ0n) is 13.4. The van der Waals surface area contributed by atoms with Crippen molar-refractivity contribution in [3.8, 4) is 0 Å². The van der Waals surface area contributed by atoms with Crippen molar-refractivity contribution >= 4 is 27.0 Å². The lowest BCUT2D eigenvalue weighted by molar-refractivity contribution is 0.581. The average molecular weight is 346 g/mol. The van der Waals surface area contributed by atoms with Gasteiger partial charge in [-0.05, 0) is 19.1 Å². The number of anilines is 1. The van der Waals surface area contributed by atoms with Crippen LogP contribution in [0.2, 0.25) is 0 Å². The van der Waals surface area contributed by atoms with Gasteiger partial charge in [-0.3, -0.25) is 0 Å². The molecule has 0 bridgehead atoms. The summed E-state index contributed by atoms with van der Waals surface area (Å²) in [5.41, 5.74) is 2.31. The third kappa shape index (κ3) is 3.36. The van der Waals surface area contributed by atoms with Crippen LogP contribution in [-0.2, 0) is 10.0 Å². The van der Waals surface area contributed by atoms with E-state index in [1.807, 2.05) is 18.9 Å². The molecule has 126 valence electrons. The van der Waals surface area contributed by atoms with Gasteiger partial charge in [-0.1, -0.05) is 17.7 Å². The van der Waals surface area contributed by atoms with E-state index in [9.17, 15) is 8.42 Å². The number of sulfonamides is 1. The summed E-state index contributed by atoms with van der Waals surface area (Å²) in [5, 5.41) is 0. The summed E-state index contributed by atoms with van der Waals surface area (Å²) in [4.78, 5) is 17.5. The van der Waals surface area contributed by atoms with Crippen LogP contribution in [0.4, 0.5) is 5.82 Å². The third-order valence-corrected chi connectivity index (χ3v) is 5.11. The number of aromatic nitrogens is 4. The normalized spacial score (nSPS) is 11.8. The molecule has 2 N–H and O–H groups in total. The van der Waals surface area contributed by atoms with Crippen molar-refractivity contribution in [2.24, 2.45) is 0 Å². The van der Waals surface area contributed by atoms with Crippen LogP contribution < -0.4 is 9.62 Å². The van der Waals surface area contributed by atoms with Crippen LogP contribution in [0.5, 0.6) is 0 Å². The van der Waals surface area contributed by atoms with Crippen molar-refractivity contribution in [1.29, 1.82) is 0 Å². The summed E-state index contributed by atoms with van der Waals surface area (Å²) in [6.45, 7) is 2.62. The number of nitrogens with zero attached hydrogens (tertiary/aromatic N) is 4. The quantitative estimate of drug-likeness (QED) is 0.692. The highest BCUT2D eigenvalue weighted by Crippen LogP contribution is 2.17. The highest BCUT2D eigenvalue weighted by Gasteiger charge is 2.15. The molecule has 0 aliphatic heterocycles. The van der Waals surface area contributed by atoms with Gasteiger partial charge in [0.25, 0.3) is 0 Å². The van der Waals surface area contributed by atoms with Gasteiger partial charge in [0.1, 0.15) is 11.8 Å². The maximum absolute atomic E-state index is 12.3. The average Bonchev–Trinajstić information content (AvgIpc) is 3.03. The topological polar surface area (TPSA) is 104 Å². The number of hydrogen-bond acceptors (Lipinski definition) is 6. The molecule has 0 spiro atoms. The molecule has 2 heterocycles. The Kier molecular flexibility index (Phi) is 4.45. The van der Waals surface area contributed by atoms with Crippen LogP contribution in [0.25, 0.3) is 11.2 Å². The molecule has 0 saturated carbocycles. The van der Waals surface area contributed by atoms with Crippen LogP contribution in [0.1, 0.15) is 5.56 Å². The number of hydrogen-bond donors (Lipinski definition) is 2. The van der Waals surface area contributed by atoms with E-state index in [0.717, 1.165) is 11.1 Å². The van der Waals surface area contributed by atoms with Crippen molar-refractivity contribution in [3.05, 3.63) is 42.5 Å². The molecule has 8 nitrogen and oxygen atoms in total. The molecule has 0 radical (unpaired) electrons. The second-order valence-electron chi connectivity index (χ2n) is 5.43. The first-order chi connectivity index (χ1) is 11.5. The zero-order valence-corrected chi connectivity index (χ0v) is 14.2. The fraction of sp³-hybridized carbons (Fsp3) is 0.267. The molecule has 3 aromatic rings. The minimum atomic E-state index is -3.52. The monoisotopic (exact) mass is 346 g/mol. The van der Waals surface area contributed by atoms with Crippen molar-refractivity contribution in [1.82, 2.24) is 24.7 Å². The maximum atomic E-state index is 12.3. The number of benzene rings is 1. The Bertz CT molecular complexity index is 936. The van der Waals surface area contributed by atoms with E-state index in [-0.39, 0.29) is 11.4 Å². The highest BCUT2D eigenvalue weighted by atomic mass is 32.2. The van der Waals surface area contributed by atoms with Gasteiger partial charge in [-0.15, -0.1) is 0 Å². The summed E-state index contributed by atoms with van der Waals surface area (Å²) in [6.07, 6.45) is 2.99. The number of likely N-dealkylation sites (N-methyl/N-ethyl adjacent to an activating group) is 1. The lowest BCUT2D eigenvalue weighted by Gasteiger charge is -2.18. The minimum absolute atomic E-state index is 0.256. The van der Waals surface area contributed by atoms with E-state index in [1.165, 1.54) is 6.33 Å². The third-order valence-electron chi connectivity index (χ3n) is 3.64. The molecule has 2 aromatic heterocycles. The van der Waals surface area contributed by atoms with Crippen molar-refractivity contribution in [3.63, 3.8) is 0 Å². The van der Waals surface area contributed by atoms with E-state index in [4.69, 9.17) is 0 Å². The van der Waals surface area contributed by atoms with Gasteiger partial charge in [0.05, 0.1) is 11.2 Å². The van der Waals surface area contributed by atoms with Gasteiger partial charge in [-0.25, -0.2) is 28.1 Å². The SMILES string of the molecule is Cc1ccc(S(=O)(=O)NCCN(C)c2ncnc3nc[nH]c23)cc1. The fourth-order valence-electron chi connectivity index (χ4n) is 2.30. The number of H-pyrrole nitrogens is 1. The van der Waals surface area contributed by atoms with Crippen molar-refractivity contribution in [2.75, 3.05) is 25.0 Å². The summed E-state index contributed by atoms with van der Waals surface area (Å²) in [7, 11) is -1.68. The Hall–Kier alpha value is -2.52. The predicted molar refractivity (Wildman–Crippen MR) is 91.3 cm³/mol. The minimum Gasteiger partial charge on any atom is -0.356 e. The molecular formula is C15H18N6O2S. The number of aromatic amines is 1. The lowest BCUT2D eigenvalue weighted by atomic mass is 10.2. The molecule has 0 unspecified atom stereocenters. The fourth-order valence-corrected chi connectivity index (χ4v) is 3.32. The number of imidazole rings is 1. The molecular weight excluding hydrogens is 328 g/mol. The number of rotatable bonds is 6. The van der Waals surface area contributed by atoms with Gasteiger partial charge in [0.15, 0.2) is 11.5 Å². The number of nitrogens with one attached hydrogen (secondary N) is 2. The first-order valence-electron chi connectivity index (χ1n) is 7.39. The van der Waals surface area contributed by atoms with Crippen LogP contribution in [0.15, 0.2) is 41.8 Å². The summed E-state index contributed by atoms with van der Waals surface area (Å²) >= 11 is 0. The first kappa shape index (κ1) is 16.3. The smallest absolute Gasteiger partial charge is 0.240 e. The van der Waals surface area contributed by atoms with Gasteiger partial charge >= 0.3 is 0 Å². The molecule has 0 aliphatic carbocycles. The Labute approximate surface area is 140 Å². The highest BCUT2D eigenvalue weighted by molar-refractivity contribution is 7.89. The Morgan fingerprint density at radius 2 is 1.92 bits per heavy atom. The standard InChI is InChI=1S/C15H18N6O2S/c1-11-3-5-12(6-4-11)24(22,23)20-7-8-21(2)15-13-14(17-9-16-13)18-10-19-15/h3-6,9-10,20H,7-8H2,1-2H3,(H,16,17,18,19). The Balaban J connectivity index is 1.65. The number of fused-ring (bicyclic) bond motifs is 1. The maximum Gasteiger partial charge on any atom is 0.240 e. The van der Waals surface area contributed by atoms with Crippen molar-refractivity contribution in [2.45, 2.75) is 11.8 Å². The Morgan fingerprint density at radius 3 is 2.67 bits per heavy atom. The second-order valence-corrected chi connectivity index (χ2v) is 7.20. The van der Waals surface area contributed by atoms with Crippen molar-refractivity contribution < 1.29 is 8.42 Å². The molecule has 1 aromatic carbocycles. The summed E-state index contributed by atoms with van der Waals surface area (Å²) in [6, 6.07) is 6.74. The summed E-state index contributed by atoms with van der Waals surface area (Å²) in [5.74, 6) is 0.673. The summed E-state index contributed by atoms with van der Waals surface area (Å²) < 4.78 is 27.1. The van der Waals surface area contributed by atoms with Gasteiger partial charge in [0.2, 0.25) is 10.0 Å². The van der Waals surface area contributed by atoms with E-state index >= 15 is 0 Å². The van der Waals surface area contributed by atoms with E-state index < -0.39 is 10.0 Å². The van der Waals surface area contributed by atoms with E-state index in [0.29, 0.717) is 18.0 Å². The lowest BCUT2D eigenvalue weighted by Crippen LogP contribution is -2.33. The largest absolute Gasteiger partial charge is 0.356 e. The number of aryl methyl sites for hydroxylation is 1. The second kappa shape index (κ2) is 6.54. The molecule has 9 heteroatoms. The molecule has 0 fully saturated rings. The molecule has 24 heavy (non-hydrogen) atoms. The van der Waals surface area contributed by atoms with E-state index in [1.54, 1.807) is 30.6 Å². The van der Waals surface area contributed by atoms with Crippen LogP contribution in [-0.4, -0.2) is 48.5 Å². The van der Waals surface area contributed by atoms with Gasteiger partial charge < -0.3 is 9.88 Å². The van der Waals surface area contributed by atoms with Gasteiger partial charge in [-0.2, -0.15) is 0 Å². The van der Waals surface area contributed by atoms with E-state index in [2.05, 4.69) is 24.7 Å². The first-order valence-corrected chi connectivity index (χ1v) is 8.87. The molecule has 3 rings (SSSR count). The van der Waals surface area contributed by atoms with Crippen LogP contribution >= 0.6 is 0 Å². The van der Waals surface area contributed by atoms with Crippen LogP contribution in [0, 0.1) is 6.92 Å². The predicted octanol–water partition coefficient (Wildman–Crippen LogP) is 1.08. The van der Waals surface area contributed by atoms with Gasteiger partial charge in [0, 0.05) is 20.1 Å². The zero-order chi connectivity index (χ0) is 17.2. The van der Waals surface area contributed by atoms with Crippen LogP contribution in [0.3, 0.4) is 0 Å². The molecule has 0 atom stereocenters. The molecule has 0 amide bonds.